The predicted molar refractivity (Wildman–Crippen MR) is 172 cm³/mol. The molecule has 1 aliphatic heterocycles. The Kier molecular flexibility index (Phi) is 10.4. The van der Waals surface area contributed by atoms with E-state index in [2.05, 4.69) is 63.4 Å². The van der Waals surface area contributed by atoms with E-state index in [0.717, 1.165) is 97.9 Å². The number of imidazole rings is 1. The minimum atomic E-state index is 0.187. The molecule has 0 spiro atoms. The molecule has 1 aliphatic rings. The molecular formula is C33H43BN5O3. The first-order chi connectivity index (χ1) is 20.5. The number of ether oxygens (including phenoxy) is 1. The summed E-state index contributed by atoms with van der Waals surface area (Å²) < 4.78 is 7.66. The minimum absolute atomic E-state index is 0.187. The molecule has 42 heavy (non-hydrogen) atoms. The van der Waals surface area contributed by atoms with Crippen LogP contribution in [0.3, 0.4) is 0 Å². The molecule has 8 nitrogen and oxygen atoms in total. The maximum absolute atomic E-state index is 10.7. The van der Waals surface area contributed by atoms with E-state index in [0.29, 0.717) is 13.1 Å². The molecule has 4 N–H and O–H groups in total. The van der Waals surface area contributed by atoms with E-state index in [9.17, 15) is 10.2 Å². The summed E-state index contributed by atoms with van der Waals surface area (Å²) in [6.07, 6.45) is 2.59. The van der Waals surface area contributed by atoms with Gasteiger partial charge in [0.15, 0.2) is 0 Å². The SMILES string of the molecule is C[B]c1ccc(O)c(Cn2c(NCCCN3CCOCC3)nc3ccc(CNc4cc(C)ccc4CCCO)cc32)c1. The molecule has 5 rings (SSSR count). The summed E-state index contributed by atoms with van der Waals surface area (Å²) in [6.45, 7) is 10.9. The van der Waals surface area contributed by atoms with Crippen molar-refractivity contribution in [3.05, 3.63) is 76.9 Å². The monoisotopic (exact) mass is 568 g/mol. The van der Waals surface area contributed by atoms with Gasteiger partial charge in [0, 0.05) is 44.0 Å². The number of phenols is 1. The second kappa shape index (κ2) is 14.6. The van der Waals surface area contributed by atoms with Crippen LogP contribution in [0.2, 0.25) is 6.82 Å². The number of rotatable bonds is 14. The van der Waals surface area contributed by atoms with Crippen LogP contribution >= 0.6 is 0 Å². The summed E-state index contributed by atoms with van der Waals surface area (Å²) in [5.74, 6) is 1.10. The molecule has 1 aromatic heterocycles. The third-order valence-electron chi connectivity index (χ3n) is 7.97. The number of aliphatic hydroxyl groups is 1. The summed E-state index contributed by atoms with van der Waals surface area (Å²) in [7, 11) is 2.05. The van der Waals surface area contributed by atoms with Crippen LogP contribution in [0.5, 0.6) is 5.75 Å². The number of morpholine rings is 1. The Labute approximate surface area is 250 Å². The Morgan fingerprint density at radius 1 is 0.976 bits per heavy atom. The number of aromatic nitrogens is 2. The largest absolute Gasteiger partial charge is 0.508 e. The Balaban J connectivity index is 1.38. The average Bonchev–Trinajstić information content (AvgIpc) is 3.35. The van der Waals surface area contributed by atoms with E-state index < -0.39 is 0 Å². The summed E-state index contributed by atoms with van der Waals surface area (Å²) >= 11 is 0. The first kappa shape index (κ1) is 29.9. The molecule has 9 heteroatoms. The quantitative estimate of drug-likeness (QED) is 0.134. The number of aromatic hydroxyl groups is 1. The molecule has 1 fully saturated rings. The summed E-state index contributed by atoms with van der Waals surface area (Å²) in [6, 6.07) is 18.6. The highest BCUT2D eigenvalue weighted by Crippen LogP contribution is 2.26. The number of hydrogen-bond donors (Lipinski definition) is 4. The lowest BCUT2D eigenvalue weighted by Gasteiger charge is -2.26. The zero-order valence-electron chi connectivity index (χ0n) is 24.9. The van der Waals surface area contributed by atoms with Crippen LogP contribution in [0, 0.1) is 6.92 Å². The van der Waals surface area contributed by atoms with Gasteiger partial charge in [0.1, 0.15) is 13.0 Å². The normalized spacial score (nSPS) is 13.9. The van der Waals surface area contributed by atoms with E-state index in [-0.39, 0.29) is 12.4 Å². The number of benzene rings is 3. The van der Waals surface area contributed by atoms with Crippen molar-refractivity contribution in [2.75, 3.05) is 56.6 Å². The highest BCUT2D eigenvalue weighted by molar-refractivity contribution is 6.51. The molecule has 0 atom stereocenters. The van der Waals surface area contributed by atoms with Crippen LogP contribution < -0.4 is 16.1 Å². The molecule has 1 saturated heterocycles. The summed E-state index contributed by atoms with van der Waals surface area (Å²) in [5.41, 5.74) is 8.56. The van der Waals surface area contributed by atoms with Crippen LogP contribution in [0.15, 0.2) is 54.6 Å². The Bertz CT molecular complexity index is 1470. The third-order valence-corrected chi connectivity index (χ3v) is 7.97. The first-order valence-electron chi connectivity index (χ1n) is 15.1. The highest BCUT2D eigenvalue weighted by atomic mass is 16.5. The number of anilines is 2. The van der Waals surface area contributed by atoms with Gasteiger partial charge < -0.3 is 30.2 Å². The highest BCUT2D eigenvalue weighted by Gasteiger charge is 2.15. The van der Waals surface area contributed by atoms with Crippen molar-refractivity contribution in [3.8, 4) is 5.75 Å². The number of phenolic OH excluding ortho intramolecular Hbond substituents is 1. The predicted octanol–water partition coefficient (Wildman–Crippen LogP) is 4.15. The van der Waals surface area contributed by atoms with Crippen molar-refractivity contribution in [1.82, 2.24) is 14.5 Å². The van der Waals surface area contributed by atoms with Crippen molar-refractivity contribution in [1.29, 1.82) is 0 Å². The number of aliphatic hydroxyl groups excluding tert-OH is 1. The van der Waals surface area contributed by atoms with Crippen molar-refractivity contribution < 1.29 is 14.9 Å². The fraction of sp³-hybridized carbons (Fsp3) is 0.424. The van der Waals surface area contributed by atoms with Gasteiger partial charge in [-0.1, -0.05) is 42.6 Å². The molecular weight excluding hydrogens is 525 g/mol. The van der Waals surface area contributed by atoms with Gasteiger partial charge >= 0.3 is 0 Å². The topological polar surface area (TPSA) is 94.8 Å². The Hall–Kier alpha value is -3.53. The zero-order valence-corrected chi connectivity index (χ0v) is 24.9. The number of nitrogens with one attached hydrogen (secondary N) is 2. The lowest BCUT2D eigenvalue weighted by atomic mass is 9.73. The van der Waals surface area contributed by atoms with E-state index >= 15 is 0 Å². The first-order valence-corrected chi connectivity index (χ1v) is 15.1. The molecule has 221 valence electrons. The smallest absolute Gasteiger partial charge is 0.204 e. The molecule has 4 aromatic rings. The number of fused-ring (bicyclic) bond motifs is 1. The average molecular weight is 569 g/mol. The van der Waals surface area contributed by atoms with Crippen molar-refractivity contribution in [3.63, 3.8) is 0 Å². The maximum Gasteiger partial charge on any atom is 0.204 e. The van der Waals surface area contributed by atoms with Gasteiger partial charge in [-0.25, -0.2) is 4.98 Å². The maximum atomic E-state index is 10.7. The van der Waals surface area contributed by atoms with Gasteiger partial charge in [-0.2, -0.15) is 0 Å². The number of hydrogen-bond acceptors (Lipinski definition) is 7. The second-order valence-electron chi connectivity index (χ2n) is 11.1. The fourth-order valence-corrected chi connectivity index (χ4v) is 5.52. The molecule has 1 radical (unpaired) electrons. The standard InChI is InChI=1S/C33H43BN5O3/c1-24-6-8-26(5-3-16-40)30(19-24)36-22-25-7-10-29-31(20-25)39(23-27-21-28(34-2)9-11-32(27)41)33(37-29)35-12-4-13-38-14-17-42-18-15-38/h6-11,19-21,36,40-41H,3-5,12-18,22-23H2,1-2H3,(H,35,37). The molecule has 0 bridgehead atoms. The minimum Gasteiger partial charge on any atom is -0.508 e. The van der Waals surface area contributed by atoms with Gasteiger partial charge in [0.2, 0.25) is 5.95 Å². The van der Waals surface area contributed by atoms with Crippen LogP contribution in [-0.4, -0.2) is 77.9 Å². The van der Waals surface area contributed by atoms with Crippen LogP contribution in [0.25, 0.3) is 11.0 Å². The van der Waals surface area contributed by atoms with E-state index in [1.54, 1.807) is 6.07 Å². The Morgan fingerprint density at radius 2 is 1.83 bits per heavy atom. The fourth-order valence-electron chi connectivity index (χ4n) is 5.52. The third kappa shape index (κ3) is 7.65. The summed E-state index contributed by atoms with van der Waals surface area (Å²) in [4.78, 5) is 7.42. The van der Waals surface area contributed by atoms with Crippen LogP contribution in [0.4, 0.5) is 11.6 Å². The number of nitrogens with zero attached hydrogens (tertiary/aromatic N) is 3. The van der Waals surface area contributed by atoms with E-state index in [4.69, 9.17) is 9.72 Å². The van der Waals surface area contributed by atoms with Gasteiger partial charge in [0.25, 0.3) is 0 Å². The number of aryl methyl sites for hydroxylation is 2. The molecule has 0 aliphatic carbocycles. The van der Waals surface area contributed by atoms with Crippen molar-refractivity contribution >= 4 is 35.4 Å². The van der Waals surface area contributed by atoms with E-state index in [1.165, 1.54) is 11.1 Å². The molecule has 2 heterocycles. The van der Waals surface area contributed by atoms with Crippen LogP contribution in [-0.2, 0) is 24.2 Å². The summed E-state index contributed by atoms with van der Waals surface area (Å²) in [5, 5.41) is 27.3. The van der Waals surface area contributed by atoms with Crippen molar-refractivity contribution in [2.45, 2.75) is 46.1 Å². The van der Waals surface area contributed by atoms with Gasteiger partial charge in [-0.05, 0) is 73.7 Å². The van der Waals surface area contributed by atoms with Crippen molar-refractivity contribution in [2.24, 2.45) is 0 Å². The van der Waals surface area contributed by atoms with Gasteiger partial charge in [-0.3, -0.25) is 4.90 Å². The lowest BCUT2D eigenvalue weighted by Crippen LogP contribution is -2.37. The molecule has 3 aromatic carbocycles. The van der Waals surface area contributed by atoms with Gasteiger partial charge in [0.05, 0.1) is 30.8 Å². The van der Waals surface area contributed by atoms with Gasteiger partial charge in [-0.15, -0.1) is 0 Å². The lowest BCUT2D eigenvalue weighted by molar-refractivity contribution is 0.0378. The second-order valence-corrected chi connectivity index (χ2v) is 11.1. The van der Waals surface area contributed by atoms with E-state index in [1.807, 2.05) is 26.2 Å². The Morgan fingerprint density at radius 3 is 2.64 bits per heavy atom. The molecule has 0 saturated carbocycles. The van der Waals surface area contributed by atoms with Crippen LogP contribution in [0.1, 0.15) is 35.1 Å². The molecule has 0 unspecified atom stereocenters. The zero-order chi connectivity index (χ0) is 29.3. The molecule has 0 amide bonds.